The summed E-state index contributed by atoms with van der Waals surface area (Å²) in [7, 11) is 1.88. The maximum atomic E-state index is 12.3. The van der Waals surface area contributed by atoms with Crippen molar-refractivity contribution in [1.82, 2.24) is 14.3 Å². The zero-order chi connectivity index (χ0) is 14.3. The van der Waals surface area contributed by atoms with Crippen LogP contribution < -0.4 is 5.56 Å². The molecule has 102 valence electrons. The molecule has 0 bridgehead atoms. The Bertz CT molecular complexity index is 828. The van der Waals surface area contributed by atoms with Crippen LogP contribution in [-0.2, 0) is 13.6 Å². The lowest BCUT2D eigenvalue weighted by Gasteiger charge is -2.10. The van der Waals surface area contributed by atoms with Crippen LogP contribution in [0.1, 0.15) is 16.8 Å². The van der Waals surface area contributed by atoms with Gasteiger partial charge in [0.25, 0.3) is 5.56 Å². The van der Waals surface area contributed by atoms with Gasteiger partial charge in [-0.2, -0.15) is 5.10 Å². The van der Waals surface area contributed by atoms with Gasteiger partial charge in [-0.15, -0.1) is 0 Å². The van der Waals surface area contributed by atoms with Crippen molar-refractivity contribution in [3.8, 4) is 0 Å². The van der Waals surface area contributed by atoms with E-state index in [2.05, 4.69) is 5.10 Å². The molecular formula is C16H17N3O. The number of pyridine rings is 1. The van der Waals surface area contributed by atoms with Gasteiger partial charge < -0.3 is 0 Å². The second-order valence-electron chi connectivity index (χ2n) is 5.14. The minimum absolute atomic E-state index is 0.0156. The molecule has 4 heteroatoms. The number of hydrogen-bond donors (Lipinski definition) is 0. The lowest BCUT2D eigenvalue weighted by molar-refractivity contribution is 0.709. The first-order chi connectivity index (χ1) is 9.58. The summed E-state index contributed by atoms with van der Waals surface area (Å²) in [6, 6.07) is 11.7. The number of hydrogen-bond acceptors (Lipinski definition) is 2. The van der Waals surface area contributed by atoms with E-state index in [4.69, 9.17) is 0 Å². The van der Waals surface area contributed by atoms with Gasteiger partial charge in [-0.05, 0) is 25.0 Å². The molecule has 0 saturated heterocycles. The van der Waals surface area contributed by atoms with Crippen LogP contribution in [0.4, 0.5) is 0 Å². The Labute approximate surface area is 117 Å². The number of benzene rings is 1. The van der Waals surface area contributed by atoms with Crippen molar-refractivity contribution in [2.45, 2.75) is 20.4 Å². The largest absolute Gasteiger partial charge is 0.288 e. The fourth-order valence-corrected chi connectivity index (χ4v) is 2.78. The maximum Gasteiger partial charge on any atom is 0.252 e. The van der Waals surface area contributed by atoms with Crippen molar-refractivity contribution >= 4 is 11.0 Å². The Morgan fingerprint density at radius 2 is 1.85 bits per heavy atom. The zero-order valence-corrected chi connectivity index (χ0v) is 11.9. The minimum atomic E-state index is 0.0156. The Morgan fingerprint density at radius 3 is 2.55 bits per heavy atom. The zero-order valence-electron chi connectivity index (χ0n) is 11.9. The molecular weight excluding hydrogens is 250 g/mol. The Kier molecular flexibility index (Phi) is 2.93. The van der Waals surface area contributed by atoms with Crippen LogP contribution in [0.25, 0.3) is 11.0 Å². The number of nitrogens with zero attached hydrogens (tertiary/aromatic N) is 3. The molecule has 0 spiro atoms. The molecule has 2 aromatic heterocycles. The second-order valence-corrected chi connectivity index (χ2v) is 5.14. The smallest absolute Gasteiger partial charge is 0.252 e. The van der Waals surface area contributed by atoms with Crippen LogP contribution in [-0.4, -0.2) is 14.3 Å². The SMILES string of the molecule is Cc1cc(=O)n(Cc2ccccc2)c2c1c(C)nn2C. The molecule has 0 fully saturated rings. The first-order valence-corrected chi connectivity index (χ1v) is 6.65. The molecule has 2 heterocycles. The topological polar surface area (TPSA) is 39.8 Å². The van der Waals surface area contributed by atoms with Crippen LogP contribution in [0.15, 0.2) is 41.2 Å². The third-order valence-electron chi connectivity index (χ3n) is 3.63. The molecule has 0 aliphatic carbocycles. The van der Waals surface area contributed by atoms with E-state index in [0.29, 0.717) is 6.54 Å². The summed E-state index contributed by atoms with van der Waals surface area (Å²) in [5.74, 6) is 0. The average molecular weight is 267 g/mol. The number of aryl methyl sites for hydroxylation is 3. The normalized spacial score (nSPS) is 11.2. The van der Waals surface area contributed by atoms with Crippen molar-refractivity contribution in [2.75, 3.05) is 0 Å². The van der Waals surface area contributed by atoms with Crippen molar-refractivity contribution in [3.63, 3.8) is 0 Å². The minimum Gasteiger partial charge on any atom is -0.288 e. The van der Waals surface area contributed by atoms with E-state index in [0.717, 1.165) is 27.9 Å². The van der Waals surface area contributed by atoms with E-state index in [-0.39, 0.29) is 5.56 Å². The van der Waals surface area contributed by atoms with Gasteiger partial charge >= 0.3 is 0 Å². The Morgan fingerprint density at radius 1 is 1.15 bits per heavy atom. The summed E-state index contributed by atoms with van der Waals surface area (Å²) in [6.45, 7) is 4.51. The summed E-state index contributed by atoms with van der Waals surface area (Å²) in [6.07, 6.45) is 0. The number of rotatable bonds is 2. The fraction of sp³-hybridized carbons (Fsp3) is 0.250. The highest BCUT2D eigenvalue weighted by atomic mass is 16.1. The predicted octanol–water partition coefficient (Wildman–Crippen LogP) is 2.40. The van der Waals surface area contributed by atoms with Crippen LogP contribution in [0.3, 0.4) is 0 Å². The molecule has 3 aromatic rings. The highest BCUT2D eigenvalue weighted by molar-refractivity contribution is 5.82. The quantitative estimate of drug-likeness (QED) is 0.715. The highest BCUT2D eigenvalue weighted by Crippen LogP contribution is 2.20. The van der Waals surface area contributed by atoms with Gasteiger partial charge in [0, 0.05) is 18.5 Å². The molecule has 4 nitrogen and oxygen atoms in total. The number of aromatic nitrogens is 3. The molecule has 0 atom stereocenters. The summed E-state index contributed by atoms with van der Waals surface area (Å²) in [5.41, 5.74) is 3.96. The molecule has 0 amide bonds. The predicted molar refractivity (Wildman–Crippen MR) is 80.0 cm³/mol. The standard InChI is InChI=1S/C16H17N3O/c1-11-9-14(20)19(10-13-7-5-4-6-8-13)16-15(11)12(2)17-18(16)3/h4-9H,10H2,1-3H3. The van der Waals surface area contributed by atoms with E-state index in [1.54, 1.807) is 15.3 Å². The van der Waals surface area contributed by atoms with Gasteiger partial charge in [-0.25, -0.2) is 0 Å². The fourth-order valence-electron chi connectivity index (χ4n) is 2.78. The van der Waals surface area contributed by atoms with Crippen LogP contribution >= 0.6 is 0 Å². The van der Waals surface area contributed by atoms with Gasteiger partial charge in [0.1, 0.15) is 5.65 Å². The van der Waals surface area contributed by atoms with Gasteiger partial charge in [0.05, 0.1) is 12.2 Å². The van der Waals surface area contributed by atoms with E-state index >= 15 is 0 Å². The lowest BCUT2D eigenvalue weighted by atomic mass is 10.1. The van der Waals surface area contributed by atoms with E-state index in [1.165, 1.54) is 0 Å². The molecule has 0 aliphatic rings. The van der Waals surface area contributed by atoms with Gasteiger partial charge in [0.15, 0.2) is 0 Å². The summed E-state index contributed by atoms with van der Waals surface area (Å²) >= 11 is 0. The third-order valence-corrected chi connectivity index (χ3v) is 3.63. The van der Waals surface area contributed by atoms with Gasteiger partial charge in [-0.3, -0.25) is 14.0 Å². The third kappa shape index (κ3) is 1.93. The van der Waals surface area contributed by atoms with E-state index in [1.807, 2.05) is 51.2 Å². The number of fused-ring (bicyclic) bond motifs is 1. The van der Waals surface area contributed by atoms with Gasteiger partial charge in [-0.1, -0.05) is 30.3 Å². The van der Waals surface area contributed by atoms with E-state index in [9.17, 15) is 4.79 Å². The first kappa shape index (κ1) is 12.7. The molecule has 1 aromatic carbocycles. The summed E-state index contributed by atoms with van der Waals surface area (Å²) in [5, 5.41) is 5.52. The molecule has 0 aliphatic heterocycles. The van der Waals surface area contributed by atoms with Crippen LogP contribution in [0.2, 0.25) is 0 Å². The van der Waals surface area contributed by atoms with Crippen molar-refractivity contribution < 1.29 is 0 Å². The molecule has 0 N–H and O–H groups in total. The molecule has 3 rings (SSSR count). The van der Waals surface area contributed by atoms with Gasteiger partial charge in [0.2, 0.25) is 0 Å². The molecule has 20 heavy (non-hydrogen) atoms. The van der Waals surface area contributed by atoms with Crippen molar-refractivity contribution in [3.05, 3.63) is 63.6 Å². The average Bonchev–Trinajstić information content (AvgIpc) is 2.71. The Balaban J connectivity index is 2.28. The second kappa shape index (κ2) is 4.63. The van der Waals surface area contributed by atoms with E-state index < -0.39 is 0 Å². The maximum absolute atomic E-state index is 12.3. The molecule has 0 unspecified atom stereocenters. The summed E-state index contributed by atoms with van der Waals surface area (Å²) in [4.78, 5) is 12.3. The highest BCUT2D eigenvalue weighted by Gasteiger charge is 2.14. The van der Waals surface area contributed by atoms with Crippen LogP contribution in [0, 0.1) is 13.8 Å². The van der Waals surface area contributed by atoms with Crippen LogP contribution in [0.5, 0.6) is 0 Å². The summed E-state index contributed by atoms with van der Waals surface area (Å²) < 4.78 is 3.58. The first-order valence-electron chi connectivity index (χ1n) is 6.65. The molecule has 0 saturated carbocycles. The lowest BCUT2D eigenvalue weighted by Crippen LogP contribution is -2.22. The monoisotopic (exact) mass is 267 g/mol. The van der Waals surface area contributed by atoms with Crippen molar-refractivity contribution in [1.29, 1.82) is 0 Å². The molecule has 0 radical (unpaired) electrons. The van der Waals surface area contributed by atoms with Crippen molar-refractivity contribution in [2.24, 2.45) is 7.05 Å². The Hall–Kier alpha value is -2.36.